The Morgan fingerprint density at radius 1 is 1.39 bits per heavy atom. The summed E-state index contributed by atoms with van der Waals surface area (Å²) in [4.78, 5) is 13.0. The van der Waals surface area contributed by atoms with Crippen molar-refractivity contribution in [3.63, 3.8) is 0 Å². The normalized spacial score (nSPS) is 12.1. The molecule has 4 nitrogen and oxygen atoms in total. The smallest absolute Gasteiger partial charge is 0.219 e. The minimum absolute atomic E-state index is 0.0677. The molecule has 0 fully saturated rings. The third-order valence-electron chi connectivity index (χ3n) is 3.50. The number of aliphatic hydroxyl groups is 1. The molecule has 4 heteroatoms. The van der Waals surface area contributed by atoms with Crippen LogP contribution in [0.25, 0.3) is 0 Å². The molecule has 100 valence electrons. The van der Waals surface area contributed by atoms with Crippen LogP contribution >= 0.6 is 0 Å². The van der Waals surface area contributed by atoms with Crippen LogP contribution in [0.1, 0.15) is 29.7 Å². The molecule has 1 N–H and O–H groups in total. The van der Waals surface area contributed by atoms with Crippen molar-refractivity contribution in [3.8, 4) is 5.75 Å². The number of rotatable bonds is 4. The number of carbonyl (C=O) groups excluding carboxylic acids is 1. The lowest BCUT2D eigenvalue weighted by Gasteiger charge is -2.28. The van der Waals surface area contributed by atoms with E-state index < -0.39 is 0 Å². The second-order valence-electron chi connectivity index (χ2n) is 4.44. The van der Waals surface area contributed by atoms with Gasteiger partial charge in [-0.05, 0) is 36.6 Å². The Morgan fingerprint density at radius 3 is 2.44 bits per heavy atom. The average Bonchev–Trinajstić information content (AvgIpc) is 2.35. The van der Waals surface area contributed by atoms with E-state index in [2.05, 4.69) is 0 Å². The topological polar surface area (TPSA) is 49.8 Å². The van der Waals surface area contributed by atoms with Crippen molar-refractivity contribution in [1.82, 2.24) is 4.90 Å². The molecule has 0 bridgehead atoms. The van der Waals surface area contributed by atoms with E-state index in [4.69, 9.17) is 4.74 Å². The number of hydrogen-bond acceptors (Lipinski definition) is 3. The Balaban J connectivity index is 3.23. The molecule has 0 saturated carbocycles. The van der Waals surface area contributed by atoms with Crippen LogP contribution in [0.3, 0.4) is 0 Å². The van der Waals surface area contributed by atoms with Crippen molar-refractivity contribution in [3.05, 3.63) is 28.8 Å². The van der Waals surface area contributed by atoms with Gasteiger partial charge in [0.05, 0.1) is 19.8 Å². The third-order valence-corrected chi connectivity index (χ3v) is 3.50. The van der Waals surface area contributed by atoms with E-state index in [1.165, 1.54) is 6.92 Å². The number of likely N-dealkylation sites (N-methyl/N-ethyl adjacent to an activating group) is 1. The highest BCUT2D eigenvalue weighted by Crippen LogP contribution is 2.29. The van der Waals surface area contributed by atoms with E-state index in [1.54, 1.807) is 19.1 Å². The van der Waals surface area contributed by atoms with Gasteiger partial charge >= 0.3 is 0 Å². The van der Waals surface area contributed by atoms with Gasteiger partial charge < -0.3 is 14.7 Å². The molecule has 18 heavy (non-hydrogen) atoms. The van der Waals surface area contributed by atoms with Gasteiger partial charge in [-0.15, -0.1) is 0 Å². The van der Waals surface area contributed by atoms with Gasteiger partial charge in [0.15, 0.2) is 0 Å². The Kier molecular flexibility index (Phi) is 4.73. The fraction of sp³-hybridized carbons (Fsp3) is 0.500. The van der Waals surface area contributed by atoms with Gasteiger partial charge in [-0.1, -0.05) is 6.07 Å². The predicted octanol–water partition coefficient (Wildman–Crippen LogP) is 1.82. The number of methoxy groups -OCH3 is 1. The van der Waals surface area contributed by atoms with Gasteiger partial charge in [0.2, 0.25) is 5.91 Å². The van der Waals surface area contributed by atoms with Gasteiger partial charge in [0.1, 0.15) is 5.75 Å². The molecule has 1 atom stereocenters. The molecular weight excluding hydrogens is 230 g/mol. The quantitative estimate of drug-likeness (QED) is 0.888. The molecule has 0 aliphatic carbocycles. The first-order chi connectivity index (χ1) is 8.43. The van der Waals surface area contributed by atoms with Gasteiger partial charge in [-0.2, -0.15) is 0 Å². The van der Waals surface area contributed by atoms with Crippen molar-refractivity contribution < 1.29 is 14.6 Å². The minimum atomic E-state index is -0.313. The zero-order valence-corrected chi connectivity index (χ0v) is 11.7. The van der Waals surface area contributed by atoms with Gasteiger partial charge in [-0.3, -0.25) is 4.79 Å². The summed E-state index contributed by atoms with van der Waals surface area (Å²) in [6.07, 6.45) is 0. The van der Waals surface area contributed by atoms with Crippen molar-refractivity contribution in [2.75, 3.05) is 20.8 Å². The van der Waals surface area contributed by atoms with E-state index in [9.17, 15) is 9.90 Å². The van der Waals surface area contributed by atoms with Crippen molar-refractivity contribution in [1.29, 1.82) is 0 Å². The summed E-state index contributed by atoms with van der Waals surface area (Å²) >= 11 is 0. The molecule has 0 spiro atoms. The summed E-state index contributed by atoms with van der Waals surface area (Å²) in [6, 6.07) is 3.46. The van der Waals surface area contributed by atoms with Gasteiger partial charge in [0.25, 0.3) is 0 Å². The maximum Gasteiger partial charge on any atom is 0.219 e. The molecule has 0 saturated heterocycles. The van der Waals surface area contributed by atoms with Crippen molar-refractivity contribution in [2.24, 2.45) is 0 Å². The minimum Gasteiger partial charge on any atom is -0.496 e. The number of amides is 1. The molecule has 1 aromatic rings. The molecule has 0 radical (unpaired) electrons. The van der Waals surface area contributed by atoms with Crippen LogP contribution < -0.4 is 4.74 Å². The van der Waals surface area contributed by atoms with E-state index in [0.717, 1.165) is 22.4 Å². The van der Waals surface area contributed by atoms with E-state index >= 15 is 0 Å². The Morgan fingerprint density at radius 2 is 2.00 bits per heavy atom. The number of ether oxygens (including phenoxy) is 1. The maximum absolute atomic E-state index is 11.4. The highest BCUT2D eigenvalue weighted by atomic mass is 16.5. The fourth-order valence-electron chi connectivity index (χ4n) is 2.05. The van der Waals surface area contributed by atoms with Gasteiger partial charge in [-0.25, -0.2) is 0 Å². The summed E-state index contributed by atoms with van der Waals surface area (Å²) in [7, 11) is 3.33. The fourth-order valence-corrected chi connectivity index (χ4v) is 2.05. The largest absolute Gasteiger partial charge is 0.496 e. The molecule has 0 aromatic heterocycles. The summed E-state index contributed by atoms with van der Waals surface area (Å²) in [5, 5.41) is 9.52. The lowest BCUT2D eigenvalue weighted by Crippen LogP contribution is -2.31. The first-order valence-electron chi connectivity index (χ1n) is 5.92. The lowest BCUT2D eigenvalue weighted by molar-refractivity contribution is -0.130. The summed E-state index contributed by atoms with van der Waals surface area (Å²) in [5.74, 6) is 0.750. The van der Waals surface area contributed by atoms with Crippen LogP contribution in [-0.4, -0.2) is 36.7 Å². The van der Waals surface area contributed by atoms with E-state index in [-0.39, 0.29) is 18.6 Å². The summed E-state index contributed by atoms with van der Waals surface area (Å²) in [6.45, 7) is 5.35. The highest BCUT2D eigenvalue weighted by Gasteiger charge is 2.21. The molecule has 1 amide bonds. The zero-order chi connectivity index (χ0) is 13.9. The molecule has 1 unspecified atom stereocenters. The monoisotopic (exact) mass is 251 g/mol. The number of nitrogens with zero attached hydrogens (tertiary/aromatic N) is 1. The summed E-state index contributed by atoms with van der Waals surface area (Å²) in [5.41, 5.74) is 3.03. The molecule has 1 rings (SSSR count). The number of hydrogen-bond donors (Lipinski definition) is 1. The highest BCUT2D eigenvalue weighted by molar-refractivity contribution is 5.73. The average molecular weight is 251 g/mol. The maximum atomic E-state index is 11.4. The second kappa shape index (κ2) is 5.87. The zero-order valence-electron chi connectivity index (χ0n) is 11.7. The van der Waals surface area contributed by atoms with E-state index in [1.807, 2.05) is 26.0 Å². The second-order valence-corrected chi connectivity index (χ2v) is 4.44. The first-order valence-corrected chi connectivity index (χ1v) is 5.92. The molecule has 1 aromatic carbocycles. The third kappa shape index (κ3) is 2.64. The molecular formula is C14H21NO3. The van der Waals surface area contributed by atoms with Crippen LogP contribution in [-0.2, 0) is 4.79 Å². The Hall–Kier alpha value is -1.55. The van der Waals surface area contributed by atoms with Crippen LogP contribution in [0, 0.1) is 13.8 Å². The van der Waals surface area contributed by atoms with Crippen molar-refractivity contribution >= 4 is 5.91 Å². The van der Waals surface area contributed by atoms with Crippen LogP contribution in [0.4, 0.5) is 0 Å². The van der Waals surface area contributed by atoms with Crippen LogP contribution in [0.15, 0.2) is 12.1 Å². The van der Waals surface area contributed by atoms with Crippen LogP contribution in [0.2, 0.25) is 0 Å². The molecule has 0 aliphatic rings. The predicted molar refractivity (Wildman–Crippen MR) is 70.7 cm³/mol. The summed E-state index contributed by atoms with van der Waals surface area (Å²) < 4.78 is 5.26. The van der Waals surface area contributed by atoms with Gasteiger partial charge in [0, 0.05) is 14.0 Å². The molecule has 0 heterocycles. The van der Waals surface area contributed by atoms with Crippen LogP contribution in [0.5, 0.6) is 5.75 Å². The Labute approximate surface area is 108 Å². The number of benzene rings is 1. The standard InChI is InChI=1S/C14H21NO3/c1-9-10(2)14(18-5)7-6-12(9)13(8-16)15(4)11(3)17/h6-7,13,16H,8H2,1-5H3. The number of aliphatic hydroxyl groups excluding tert-OH is 1. The van der Waals surface area contributed by atoms with Crippen molar-refractivity contribution in [2.45, 2.75) is 26.8 Å². The number of carbonyl (C=O) groups is 1. The Bertz CT molecular complexity index is 443. The van der Waals surface area contributed by atoms with E-state index in [0.29, 0.717) is 0 Å². The first kappa shape index (κ1) is 14.5. The lowest BCUT2D eigenvalue weighted by atomic mass is 9.96. The SMILES string of the molecule is COc1ccc(C(CO)N(C)C(C)=O)c(C)c1C. The molecule has 0 aliphatic heterocycles.